The molecule has 13 heavy (non-hydrogen) atoms. The minimum absolute atomic E-state index is 0.0891. The van der Waals surface area contributed by atoms with E-state index in [9.17, 15) is 0 Å². The van der Waals surface area contributed by atoms with Crippen LogP contribution in [0.2, 0.25) is 0 Å². The molecule has 0 heterocycles. The summed E-state index contributed by atoms with van der Waals surface area (Å²) in [5, 5.41) is 3.16. The molecule has 0 aromatic heterocycles. The fourth-order valence-electron chi connectivity index (χ4n) is 1.20. The van der Waals surface area contributed by atoms with Crippen LogP contribution >= 0.6 is 0 Å². The van der Waals surface area contributed by atoms with Crippen molar-refractivity contribution in [1.29, 1.82) is 0 Å². The maximum atomic E-state index is 4.47. The molecule has 0 saturated heterocycles. The van der Waals surface area contributed by atoms with Gasteiger partial charge in [0.1, 0.15) is 6.17 Å². The van der Waals surface area contributed by atoms with Gasteiger partial charge in [-0.3, -0.25) is 10.3 Å². The molecule has 0 aliphatic heterocycles. The van der Waals surface area contributed by atoms with E-state index in [1.165, 1.54) is 5.56 Å². The zero-order valence-electron chi connectivity index (χ0n) is 8.41. The number of rotatable bonds is 3. The normalized spacial score (nSPS) is 12.2. The van der Waals surface area contributed by atoms with Crippen LogP contribution in [0, 0.1) is 0 Å². The molecule has 1 N–H and O–H groups in total. The molecule has 0 radical (unpaired) electrons. The van der Waals surface area contributed by atoms with Crippen molar-refractivity contribution in [2.24, 2.45) is 4.99 Å². The van der Waals surface area contributed by atoms with E-state index in [-0.39, 0.29) is 6.17 Å². The molecule has 0 amide bonds. The van der Waals surface area contributed by atoms with Crippen LogP contribution in [0.1, 0.15) is 25.6 Å². The summed E-state index contributed by atoms with van der Waals surface area (Å²) in [4.78, 5) is 4.47. The van der Waals surface area contributed by atoms with Crippen LogP contribution in [-0.4, -0.2) is 12.8 Å². The Morgan fingerprint density at radius 3 is 2.31 bits per heavy atom. The zero-order valence-corrected chi connectivity index (χ0v) is 8.41. The van der Waals surface area contributed by atoms with Gasteiger partial charge in [-0.1, -0.05) is 30.3 Å². The first-order valence-electron chi connectivity index (χ1n) is 4.47. The van der Waals surface area contributed by atoms with Crippen LogP contribution in [0.4, 0.5) is 0 Å². The van der Waals surface area contributed by atoms with E-state index in [4.69, 9.17) is 0 Å². The predicted molar refractivity (Wildman–Crippen MR) is 57.0 cm³/mol. The van der Waals surface area contributed by atoms with Gasteiger partial charge in [-0.05, 0) is 26.5 Å². The van der Waals surface area contributed by atoms with Gasteiger partial charge in [-0.25, -0.2) is 0 Å². The van der Waals surface area contributed by atoms with Gasteiger partial charge in [0.2, 0.25) is 0 Å². The largest absolute Gasteiger partial charge is 0.295 e. The van der Waals surface area contributed by atoms with Crippen LogP contribution < -0.4 is 5.32 Å². The first kappa shape index (κ1) is 9.93. The van der Waals surface area contributed by atoms with Crippen molar-refractivity contribution in [2.75, 3.05) is 7.05 Å². The van der Waals surface area contributed by atoms with Gasteiger partial charge >= 0.3 is 0 Å². The van der Waals surface area contributed by atoms with E-state index >= 15 is 0 Å². The molecule has 1 atom stereocenters. The monoisotopic (exact) mass is 176 g/mol. The topological polar surface area (TPSA) is 24.4 Å². The van der Waals surface area contributed by atoms with Crippen LogP contribution in [-0.2, 0) is 0 Å². The molecule has 0 aliphatic carbocycles. The SMILES string of the molecule is CNC(N=C(C)C)c1ccccc1. The Labute approximate surface area is 79.7 Å². The molecule has 0 fully saturated rings. The molecule has 0 saturated carbocycles. The molecular formula is C11H16N2. The predicted octanol–water partition coefficient (Wildman–Crippen LogP) is 2.39. The van der Waals surface area contributed by atoms with Gasteiger partial charge in [0, 0.05) is 5.71 Å². The second-order valence-corrected chi connectivity index (χ2v) is 3.18. The molecule has 0 spiro atoms. The molecule has 2 heteroatoms. The number of nitrogens with zero attached hydrogens (tertiary/aromatic N) is 1. The summed E-state index contributed by atoms with van der Waals surface area (Å²) in [6.45, 7) is 4.01. The van der Waals surface area contributed by atoms with Gasteiger partial charge in [0.15, 0.2) is 0 Å². The molecule has 0 aliphatic rings. The van der Waals surface area contributed by atoms with Crippen molar-refractivity contribution >= 4 is 5.71 Å². The number of hydrogen-bond donors (Lipinski definition) is 1. The van der Waals surface area contributed by atoms with E-state index in [0.717, 1.165) is 5.71 Å². The first-order chi connectivity index (χ1) is 6.24. The van der Waals surface area contributed by atoms with Crippen molar-refractivity contribution in [2.45, 2.75) is 20.0 Å². The van der Waals surface area contributed by atoms with Gasteiger partial charge in [0.05, 0.1) is 0 Å². The van der Waals surface area contributed by atoms with E-state index < -0.39 is 0 Å². The van der Waals surface area contributed by atoms with E-state index in [1.54, 1.807) is 0 Å². The Morgan fingerprint density at radius 1 is 1.23 bits per heavy atom. The molecular weight excluding hydrogens is 160 g/mol. The van der Waals surface area contributed by atoms with Crippen molar-refractivity contribution in [3.8, 4) is 0 Å². The Morgan fingerprint density at radius 2 is 1.85 bits per heavy atom. The van der Waals surface area contributed by atoms with Crippen LogP contribution in [0.5, 0.6) is 0 Å². The van der Waals surface area contributed by atoms with E-state index in [0.29, 0.717) is 0 Å². The summed E-state index contributed by atoms with van der Waals surface area (Å²) in [6, 6.07) is 10.2. The summed E-state index contributed by atoms with van der Waals surface area (Å²) in [7, 11) is 1.92. The highest BCUT2D eigenvalue weighted by Crippen LogP contribution is 2.13. The third kappa shape index (κ3) is 2.99. The lowest BCUT2D eigenvalue weighted by atomic mass is 10.2. The average molecular weight is 176 g/mol. The molecule has 70 valence electrons. The van der Waals surface area contributed by atoms with Crippen LogP contribution in [0.25, 0.3) is 0 Å². The standard InChI is InChI=1S/C11H16N2/c1-9(2)13-11(12-3)10-7-5-4-6-8-10/h4-8,11-12H,1-3H3. The van der Waals surface area contributed by atoms with E-state index in [1.807, 2.05) is 39.1 Å². The molecule has 2 nitrogen and oxygen atoms in total. The molecule has 1 rings (SSSR count). The van der Waals surface area contributed by atoms with Gasteiger partial charge in [-0.15, -0.1) is 0 Å². The second kappa shape index (κ2) is 4.77. The summed E-state index contributed by atoms with van der Waals surface area (Å²) in [6.07, 6.45) is 0.0891. The fourth-order valence-corrected chi connectivity index (χ4v) is 1.20. The van der Waals surface area contributed by atoms with Crippen molar-refractivity contribution < 1.29 is 0 Å². The maximum absolute atomic E-state index is 4.47. The summed E-state index contributed by atoms with van der Waals surface area (Å²) >= 11 is 0. The smallest absolute Gasteiger partial charge is 0.125 e. The Bertz CT molecular complexity index is 273. The van der Waals surface area contributed by atoms with Gasteiger partial charge in [-0.2, -0.15) is 0 Å². The number of aliphatic imine (C=N–C) groups is 1. The fraction of sp³-hybridized carbons (Fsp3) is 0.364. The summed E-state index contributed by atoms with van der Waals surface area (Å²) in [5.74, 6) is 0. The third-order valence-corrected chi connectivity index (χ3v) is 1.78. The average Bonchev–Trinajstić information content (AvgIpc) is 2.15. The number of nitrogens with one attached hydrogen (secondary N) is 1. The zero-order chi connectivity index (χ0) is 9.68. The number of benzene rings is 1. The molecule has 1 aromatic rings. The number of hydrogen-bond acceptors (Lipinski definition) is 2. The van der Waals surface area contributed by atoms with Crippen molar-refractivity contribution in [3.63, 3.8) is 0 Å². The lowest BCUT2D eigenvalue weighted by molar-refractivity contribution is 0.624. The van der Waals surface area contributed by atoms with Crippen molar-refractivity contribution in [1.82, 2.24) is 5.32 Å². The molecule has 1 unspecified atom stereocenters. The summed E-state index contributed by atoms with van der Waals surface area (Å²) < 4.78 is 0. The quantitative estimate of drug-likeness (QED) is 0.702. The maximum Gasteiger partial charge on any atom is 0.125 e. The lowest BCUT2D eigenvalue weighted by Crippen LogP contribution is -2.14. The van der Waals surface area contributed by atoms with Gasteiger partial charge in [0.25, 0.3) is 0 Å². The second-order valence-electron chi connectivity index (χ2n) is 3.18. The minimum atomic E-state index is 0.0891. The lowest BCUT2D eigenvalue weighted by Gasteiger charge is -2.11. The third-order valence-electron chi connectivity index (χ3n) is 1.78. The summed E-state index contributed by atoms with van der Waals surface area (Å²) in [5.41, 5.74) is 2.29. The van der Waals surface area contributed by atoms with Crippen LogP contribution in [0.15, 0.2) is 35.3 Å². The highest BCUT2D eigenvalue weighted by atomic mass is 15.0. The highest BCUT2D eigenvalue weighted by molar-refractivity contribution is 5.79. The van der Waals surface area contributed by atoms with E-state index in [2.05, 4.69) is 22.4 Å². The Hall–Kier alpha value is -1.15. The first-order valence-corrected chi connectivity index (χ1v) is 4.47. The minimum Gasteiger partial charge on any atom is -0.295 e. The Kier molecular flexibility index (Phi) is 3.65. The van der Waals surface area contributed by atoms with Crippen molar-refractivity contribution in [3.05, 3.63) is 35.9 Å². The Balaban J connectivity index is 2.85. The van der Waals surface area contributed by atoms with Gasteiger partial charge < -0.3 is 0 Å². The molecule has 0 bridgehead atoms. The molecule has 1 aromatic carbocycles. The van der Waals surface area contributed by atoms with Crippen LogP contribution in [0.3, 0.4) is 0 Å². The highest BCUT2D eigenvalue weighted by Gasteiger charge is 2.04.